The van der Waals surface area contributed by atoms with Gasteiger partial charge in [-0.2, -0.15) is 9.97 Å². The first-order valence-corrected chi connectivity index (χ1v) is 17.0. The van der Waals surface area contributed by atoms with E-state index in [1.807, 2.05) is 35.2 Å². The Labute approximate surface area is 282 Å². The maximum atomic E-state index is 16.9. The fourth-order valence-corrected chi connectivity index (χ4v) is 8.69. The number of hydrogen-bond acceptors (Lipinski definition) is 9. The van der Waals surface area contributed by atoms with Gasteiger partial charge in [-0.15, -0.1) is 6.42 Å². The summed E-state index contributed by atoms with van der Waals surface area (Å²) >= 11 is 0. The van der Waals surface area contributed by atoms with E-state index in [1.54, 1.807) is 17.2 Å². The molecule has 2 aromatic carbocycles. The van der Waals surface area contributed by atoms with Gasteiger partial charge in [0.15, 0.2) is 5.82 Å². The third-order valence-electron chi connectivity index (χ3n) is 10.9. The summed E-state index contributed by atoms with van der Waals surface area (Å²) in [4.78, 5) is 44.6. The first-order chi connectivity index (χ1) is 23.8. The van der Waals surface area contributed by atoms with Gasteiger partial charge in [-0.3, -0.25) is 19.5 Å². The van der Waals surface area contributed by atoms with Crippen molar-refractivity contribution in [1.29, 1.82) is 0 Å². The lowest BCUT2D eigenvalue weighted by Crippen LogP contribution is -2.58. The lowest BCUT2D eigenvalue weighted by Gasteiger charge is -2.42. The number of carboxylic acids is 1. The van der Waals surface area contributed by atoms with E-state index in [0.29, 0.717) is 54.9 Å². The predicted octanol–water partition coefficient (Wildman–Crippen LogP) is 3.99. The van der Waals surface area contributed by atoms with E-state index in [4.69, 9.17) is 21.3 Å². The molecule has 0 spiro atoms. The number of hydrogen-bond donors (Lipinski definition) is 2. The second kappa shape index (κ2) is 12.2. The van der Waals surface area contributed by atoms with Gasteiger partial charge in [-0.05, 0) is 63.1 Å². The molecule has 252 valence electrons. The van der Waals surface area contributed by atoms with Gasteiger partial charge < -0.3 is 24.7 Å². The van der Waals surface area contributed by atoms with Crippen molar-refractivity contribution >= 4 is 39.4 Å². The number of carbonyl (C=O) groups excluding carboxylic acids is 1. The normalized spacial score (nSPS) is 22.0. The number of pyridine rings is 1. The molecule has 6 heterocycles. The monoisotopic (exact) mass is 664 g/mol. The number of carbonyl (C=O) groups is 2. The van der Waals surface area contributed by atoms with E-state index in [-0.39, 0.29) is 34.8 Å². The van der Waals surface area contributed by atoms with Gasteiger partial charge >= 0.3 is 12.0 Å². The number of aliphatic carboxylic acids is 1. The number of piperazine rings is 1. The Hall–Kier alpha value is -4.86. The zero-order valence-corrected chi connectivity index (χ0v) is 27.0. The number of aliphatic hydroxyl groups is 1. The predicted molar refractivity (Wildman–Crippen MR) is 181 cm³/mol. The van der Waals surface area contributed by atoms with E-state index < -0.39 is 30.2 Å². The van der Waals surface area contributed by atoms with Gasteiger partial charge in [0.05, 0.1) is 17.3 Å². The minimum absolute atomic E-state index is 0.0725. The Morgan fingerprint density at radius 3 is 2.49 bits per heavy atom. The summed E-state index contributed by atoms with van der Waals surface area (Å²) in [6, 6.07) is 10.7. The van der Waals surface area contributed by atoms with Gasteiger partial charge in [-0.25, -0.2) is 4.39 Å². The number of terminal acetylenes is 1. The van der Waals surface area contributed by atoms with Gasteiger partial charge in [0, 0.05) is 47.9 Å². The molecule has 0 radical (unpaired) electrons. The van der Waals surface area contributed by atoms with Crippen LogP contribution in [0.15, 0.2) is 42.6 Å². The number of fused-ring (bicyclic) bond motifs is 5. The molecule has 0 unspecified atom stereocenters. The number of amides is 1. The highest BCUT2D eigenvalue weighted by atomic mass is 19.1. The highest BCUT2D eigenvalue weighted by molar-refractivity contribution is 6.02. The van der Waals surface area contributed by atoms with Crippen LogP contribution in [-0.2, 0) is 9.59 Å². The maximum Gasteiger partial charge on any atom is 0.319 e. The number of anilines is 1. The van der Waals surface area contributed by atoms with Crippen LogP contribution in [0.5, 0.6) is 6.01 Å². The minimum Gasteiger partial charge on any atom is -0.481 e. The van der Waals surface area contributed by atoms with Crippen molar-refractivity contribution in [3.63, 3.8) is 0 Å². The van der Waals surface area contributed by atoms with E-state index >= 15 is 4.39 Å². The number of nitrogens with zero attached hydrogens (tertiary/aromatic N) is 6. The molecule has 4 saturated heterocycles. The summed E-state index contributed by atoms with van der Waals surface area (Å²) < 4.78 is 23.3. The molecule has 49 heavy (non-hydrogen) atoms. The molecule has 1 amide bonds. The summed E-state index contributed by atoms with van der Waals surface area (Å²) in [5.74, 6) is 0.752. The van der Waals surface area contributed by atoms with Gasteiger partial charge in [0.1, 0.15) is 29.7 Å². The van der Waals surface area contributed by atoms with Crippen molar-refractivity contribution in [2.45, 2.75) is 68.7 Å². The number of aromatic nitrogens is 3. The van der Waals surface area contributed by atoms with Crippen LogP contribution in [0.1, 0.15) is 50.5 Å². The van der Waals surface area contributed by atoms with Gasteiger partial charge in [0.2, 0.25) is 0 Å². The first kappa shape index (κ1) is 31.4. The van der Waals surface area contributed by atoms with Crippen molar-refractivity contribution in [1.82, 2.24) is 24.8 Å². The number of aliphatic hydroxyl groups excluding tert-OH is 1. The molecule has 8 rings (SSSR count). The zero-order chi connectivity index (χ0) is 33.9. The smallest absolute Gasteiger partial charge is 0.319 e. The Kier molecular flexibility index (Phi) is 7.84. The summed E-state index contributed by atoms with van der Waals surface area (Å²) in [5.41, 5.74) is 1.32. The summed E-state index contributed by atoms with van der Waals surface area (Å²) in [7, 11) is 0. The minimum atomic E-state index is -1.61. The van der Waals surface area contributed by atoms with Crippen LogP contribution in [0, 0.1) is 18.2 Å². The molecular weight excluding hydrogens is 627 g/mol. The van der Waals surface area contributed by atoms with Crippen molar-refractivity contribution in [2.24, 2.45) is 0 Å². The van der Waals surface area contributed by atoms with E-state index in [2.05, 4.69) is 20.8 Å². The third-order valence-corrected chi connectivity index (χ3v) is 10.9. The van der Waals surface area contributed by atoms with Crippen LogP contribution in [0.4, 0.5) is 10.2 Å². The molecule has 11 nitrogen and oxygen atoms in total. The van der Waals surface area contributed by atoms with Crippen molar-refractivity contribution < 1.29 is 28.9 Å². The highest BCUT2D eigenvalue weighted by Gasteiger charge is 2.46. The van der Waals surface area contributed by atoms with Gasteiger partial charge in [-0.1, -0.05) is 36.3 Å². The van der Waals surface area contributed by atoms with E-state index in [1.165, 1.54) is 0 Å². The Morgan fingerprint density at radius 2 is 1.80 bits per heavy atom. The second-order valence-corrected chi connectivity index (χ2v) is 13.7. The van der Waals surface area contributed by atoms with E-state index in [9.17, 15) is 14.7 Å². The first-order valence-electron chi connectivity index (χ1n) is 17.0. The summed E-state index contributed by atoms with van der Waals surface area (Å²) in [6.45, 7) is 3.21. The van der Waals surface area contributed by atoms with Crippen LogP contribution in [0.25, 0.3) is 32.9 Å². The molecule has 2 N–H and O–H groups in total. The Bertz CT molecular complexity index is 2000. The number of rotatable bonds is 8. The highest BCUT2D eigenvalue weighted by Crippen LogP contribution is 2.41. The molecule has 2 aromatic heterocycles. The number of benzene rings is 2. The molecule has 2 bridgehead atoms. The summed E-state index contributed by atoms with van der Waals surface area (Å²) in [6.07, 6.45) is 10.8. The lowest BCUT2D eigenvalue weighted by atomic mass is 9.95. The SMILES string of the molecule is C#Cc1cccc2cccc(-c3ncc4c(N5C[C@H]6CC[C@@H](C5)N6C(=O)[C@@H](O)CC(=O)O)nc(OCC56CCCN5CCC6)nc4c3F)c12. The Balaban J connectivity index is 1.20. The van der Waals surface area contributed by atoms with Crippen LogP contribution in [0.2, 0.25) is 0 Å². The maximum absolute atomic E-state index is 16.9. The largest absolute Gasteiger partial charge is 0.481 e. The molecule has 4 aromatic rings. The number of halogens is 1. The van der Waals surface area contributed by atoms with Gasteiger partial charge in [0.25, 0.3) is 5.91 Å². The zero-order valence-electron chi connectivity index (χ0n) is 27.0. The topological polar surface area (TPSA) is 132 Å². The molecule has 4 aliphatic heterocycles. The van der Waals surface area contributed by atoms with E-state index in [0.717, 1.165) is 49.5 Å². The quantitative estimate of drug-likeness (QED) is 0.267. The van der Waals surface area contributed by atoms with Crippen LogP contribution >= 0.6 is 0 Å². The Morgan fingerprint density at radius 1 is 1.08 bits per heavy atom. The standard InChI is InChI=1S/C37H37FN6O5/c1-2-22-7-3-8-23-9-4-10-26(30(22)23)32-31(38)33-27(18-39-32)34(41-36(40-33)49-21-37-13-5-15-43(37)16-6-14-37)42-19-24-11-12-25(20-42)44(24)35(48)28(45)17-29(46)47/h1,3-4,7-10,18,24-25,28,45H,5-6,11-17,19-21H2,(H,46,47)/t24-,25+,28-/m0/s1. The lowest BCUT2D eigenvalue weighted by molar-refractivity contribution is -0.150. The van der Waals surface area contributed by atoms with Crippen LogP contribution in [0.3, 0.4) is 0 Å². The summed E-state index contributed by atoms with van der Waals surface area (Å²) in [5, 5.41) is 21.5. The van der Waals surface area contributed by atoms with Crippen LogP contribution in [-0.4, -0.2) is 103 Å². The molecule has 0 saturated carbocycles. The van der Waals surface area contributed by atoms with Crippen LogP contribution < -0.4 is 9.64 Å². The molecular formula is C37H37FN6O5. The fraction of sp³-hybridized carbons (Fsp3) is 0.432. The second-order valence-electron chi connectivity index (χ2n) is 13.7. The average Bonchev–Trinajstić information content (AvgIpc) is 3.76. The third kappa shape index (κ3) is 5.32. The molecule has 4 aliphatic rings. The molecule has 0 aliphatic carbocycles. The van der Waals surface area contributed by atoms with Crippen molar-refractivity contribution in [3.05, 3.63) is 54.0 Å². The van der Waals surface area contributed by atoms with Crippen molar-refractivity contribution in [3.8, 4) is 29.6 Å². The number of ether oxygens (including phenoxy) is 1. The van der Waals surface area contributed by atoms with Crippen molar-refractivity contribution in [2.75, 3.05) is 37.7 Å². The number of carboxylic acid groups (broad SMARTS) is 1. The fourth-order valence-electron chi connectivity index (χ4n) is 8.69. The average molecular weight is 665 g/mol. The molecule has 12 heteroatoms. The molecule has 4 fully saturated rings. The molecule has 3 atom stereocenters.